The minimum atomic E-state index is -4.61. The molecule has 1 saturated heterocycles. The van der Waals surface area contributed by atoms with E-state index in [-0.39, 0.29) is 19.2 Å². The zero-order chi connectivity index (χ0) is 21.8. The van der Waals surface area contributed by atoms with Gasteiger partial charge < -0.3 is 19.5 Å². The van der Waals surface area contributed by atoms with Gasteiger partial charge in [0.25, 0.3) is 0 Å². The van der Waals surface area contributed by atoms with Gasteiger partial charge in [-0.1, -0.05) is 30.3 Å². The van der Waals surface area contributed by atoms with E-state index in [1.807, 2.05) is 36.4 Å². The molecule has 0 amide bonds. The van der Waals surface area contributed by atoms with E-state index in [1.165, 1.54) is 0 Å². The highest BCUT2D eigenvalue weighted by molar-refractivity contribution is 5.60. The molecule has 1 aliphatic heterocycles. The Labute approximate surface area is 176 Å². The number of aromatic nitrogens is 3. The standard InChI is InChI=1S/C21H19F3N4O3/c1-29-18-4-2-3-17(27-18)14-7-5-13(6-8-14)9-25-20-26-10-16(21(22,23)24)19(28-20)31-15-11-30-12-15/h2-8,10,15H,9,11-12H2,1H3,(H,25,26,28). The summed E-state index contributed by atoms with van der Waals surface area (Å²) in [5, 5.41) is 2.93. The second-order valence-corrected chi connectivity index (χ2v) is 6.80. The summed E-state index contributed by atoms with van der Waals surface area (Å²) in [5.41, 5.74) is 1.56. The van der Waals surface area contributed by atoms with E-state index < -0.39 is 23.7 Å². The lowest BCUT2D eigenvalue weighted by atomic mass is 10.1. The average molecular weight is 432 g/mol. The van der Waals surface area contributed by atoms with Crippen molar-refractivity contribution in [2.24, 2.45) is 0 Å². The molecule has 162 valence electrons. The van der Waals surface area contributed by atoms with E-state index in [1.54, 1.807) is 13.2 Å². The van der Waals surface area contributed by atoms with Gasteiger partial charge in [-0.05, 0) is 11.6 Å². The van der Waals surface area contributed by atoms with Crippen LogP contribution in [0.3, 0.4) is 0 Å². The summed E-state index contributed by atoms with van der Waals surface area (Å²) in [6.45, 7) is 0.792. The molecule has 0 spiro atoms. The summed E-state index contributed by atoms with van der Waals surface area (Å²) in [7, 11) is 1.56. The summed E-state index contributed by atoms with van der Waals surface area (Å²) < 4.78 is 55.0. The third kappa shape index (κ3) is 5.02. The van der Waals surface area contributed by atoms with Crippen LogP contribution in [-0.4, -0.2) is 41.4 Å². The van der Waals surface area contributed by atoms with E-state index in [2.05, 4.69) is 20.3 Å². The number of nitrogens with zero attached hydrogens (tertiary/aromatic N) is 3. The first-order valence-electron chi connectivity index (χ1n) is 9.45. The summed E-state index contributed by atoms with van der Waals surface area (Å²) in [4.78, 5) is 12.1. The third-order valence-corrected chi connectivity index (χ3v) is 4.58. The van der Waals surface area contributed by atoms with Crippen molar-refractivity contribution in [1.82, 2.24) is 15.0 Å². The molecule has 1 fully saturated rings. The van der Waals surface area contributed by atoms with Crippen molar-refractivity contribution in [2.45, 2.75) is 18.8 Å². The zero-order valence-corrected chi connectivity index (χ0v) is 16.5. The summed E-state index contributed by atoms with van der Waals surface area (Å²) in [6.07, 6.45) is -4.33. The molecular weight excluding hydrogens is 413 g/mol. The molecule has 1 N–H and O–H groups in total. The third-order valence-electron chi connectivity index (χ3n) is 4.58. The van der Waals surface area contributed by atoms with Crippen LogP contribution in [0.1, 0.15) is 11.1 Å². The first-order chi connectivity index (χ1) is 14.9. The molecule has 0 aliphatic carbocycles. The van der Waals surface area contributed by atoms with Crippen LogP contribution in [0.4, 0.5) is 19.1 Å². The molecule has 0 radical (unpaired) electrons. The minimum absolute atomic E-state index is 0.0433. The number of halogens is 3. The Morgan fingerprint density at radius 1 is 1.10 bits per heavy atom. The van der Waals surface area contributed by atoms with Crippen LogP contribution in [-0.2, 0) is 17.5 Å². The highest BCUT2D eigenvalue weighted by Crippen LogP contribution is 2.36. The van der Waals surface area contributed by atoms with E-state index in [4.69, 9.17) is 14.2 Å². The molecule has 31 heavy (non-hydrogen) atoms. The van der Waals surface area contributed by atoms with E-state index in [9.17, 15) is 13.2 Å². The fourth-order valence-electron chi connectivity index (χ4n) is 2.84. The number of methoxy groups -OCH3 is 1. The summed E-state index contributed by atoms with van der Waals surface area (Å²) in [6, 6.07) is 13.1. The smallest absolute Gasteiger partial charge is 0.423 e. The molecule has 7 nitrogen and oxygen atoms in total. The van der Waals surface area contributed by atoms with Crippen molar-refractivity contribution in [3.63, 3.8) is 0 Å². The Kier molecular flexibility index (Phi) is 5.90. The molecule has 1 aliphatic rings. The quantitative estimate of drug-likeness (QED) is 0.606. The van der Waals surface area contributed by atoms with Crippen LogP contribution < -0.4 is 14.8 Å². The zero-order valence-electron chi connectivity index (χ0n) is 16.5. The average Bonchev–Trinajstić information content (AvgIpc) is 2.74. The van der Waals surface area contributed by atoms with Gasteiger partial charge in [-0.2, -0.15) is 18.2 Å². The maximum absolute atomic E-state index is 13.2. The lowest BCUT2D eigenvalue weighted by molar-refractivity contribution is -0.142. The van der Waals surface area contributed by atoms with Crippen LogP contribution in [0, 0.1) is 0 Å². The molecule has 3 aromatic rings. The van der Waals surface area contributed by atoms with E-state index in [0.29, 0.717) is 12.4 Å². The molecule has 4 rings (SSSR count). The maximum atomic E-state index is 13.2. The van der Waals surface area contributed by atoms with Crippen LogP contribution in [0.2, 0.25) is 0 Å². The first-order valence-corrected chi connectivity index (χ1v) is 9.45. The SMILES string of the molecule is COc1cccc(-c2ccc(CNc3ncc(C(F)(F)F)c(OC4COC4)n3)cc2)n1. The topological polar surface area (TPSA) is 78.4 Å². The van der Waals surface area contributed by atoms with Gasteiger partial charge in [0.05, 0.1) is 26.0 Å². The number of nitrogens with one attached hydrogen (secondary N) is 1. The number of anilines is 1. The Morgan fingerprint density at radius 2 is 1.87 bits per heavy atom. The molecule has 3 heterocycles. The van der Waals surface area contributed by atoms with Gasteiger partial charge in [-0.15, -0.1) is 0 Å². The van der Waals surface area contributed by atoms with Crippen LogP contribution in [0.5, 0.6) is 11.8 Å². The van der Waals surface area contributed by atoms with Gasteiger partial charge in [0.1, 0.15) is 11.7 Å². The van der Waals surface area contributed by atoms with Crippen molar-refractivity contribution >= 4 is 5.95 Å². The van der Waals surface area contributed by atoms with Gasteiger partial charge in [-0.25, -0.2) is 9.97 Å². The number of benzene rings is 1. The molecular formula is C21H19F3N4O3. The molecule has 0 atom stereocenters. The Bertz CT molecular complexity index is 1040. The Morgan fingerprint density at radius 3 is 2.52 bits per heavy atom. The molecule has 2 aromatic heterocycles. The predicted octanol–water partition coefficient (Wildman–Crippen LogP) is 3.96. The number of pyridine rings is 1. The largest absolute Gasteiger partial charge is 0.481 e. The van der Waals surface area contributed by atoms with Gasteiger partial charge in [0.15, 0.2) is 0 Å². The molecule has 1 aromatic carbocycles. The minimum Gasteiger partial charge on any atom is -0.481 e. The Balaban J connectivity index is 1.45. The van der Waals surface area contributed by atoms with Crippen LogP contribution in [0.25, 0.3) is 11.3 Å². The summed E-state index contributed by atoms with van der Waals surface area (Å²) in [5.74, 6) is 0.0636. The van der Waals surface area contributed by atoms with Gasteiger partial charge in [-0.3, -0.25) is 0 Å². The van der Waals surface area contributed by atoms with Crippen molar-refractivity contribution in [1.29, 1.82) is 0 Å². The van der Waals surface area contributed by atoms with Gasteiger partial charge >= 0.3 is 6.18 Å². The highest BCUT2D eigenvalue weighted by Gasteiger charge is 2.37. The van der Waals surface area contributed by atoms with E-state index in [0.717, 1.165) is 23.0 Å². The number of hydrogen-bond acceptors (Lipinski definition) is 7. The lowest BCUT2D eigenvalue weighted by Gasteiger charge is -2.27. The number of alkyl halides is 3. The number of hydrogen-bond donors (Lipinski definition) is 1. The van der Waals surface area contributed by atoms with Crippen molar-refractivity contribution in [3.8, 4) is 23.0 Å². The normalized spacial score (nSPS) is 14.1. The molecule has 0 bridgehead atoms. The van der Waals surface area contributed by atoms with Crippen molar-refractivity contribution < 1.29 is 27.4 Å². The first kappa shape index (κ1) is 20.9. The lowest BCUT2D eigenvalue weighted by Crippen LogP contribution is -2.39. The van der Waals surface area contributed by atoms with Crippen LogP contribution in [0.15, 0.2) is 48.7 Å². The fourth-order valence-corrected chi connectivity index (χ4v) is 2.84. The second kappa shape index (κ2) is 8.76. The second-order valence-electron chi connectivity index (χ2n) is 6.80. The predicted molar refractivity (Wildman–Crippen MR) is 106 cm³/mol. The van der Waals surface area contributed by atoms with Crippen molar-refractivity contribution in [2.75, 3.05) is 25.6 Å². The van der Waals surface area contributed by atoms with Crippen LogP contribution >= 0.6 is 0 Å². The molecule has 10 heteroatoms. The number of ether oxygens (including phenoxy) is 3. The summed E-state index contributed by atoms with van der Waals surface area (Å²) >= 11 is 0. The fraction of sp³-hybridized carbons (Fsp3) is 0.286. The Hall–Kier alpha value is -3.40. The monoisotopic (exact) mass is 432 g/mol. The van der Waals surface area contributed by atoms with Gasteiger partial charge in [0.2, 0.25) is 17.7 Å². The van der Waals surface area contributed by atoms with Crippen molar-refractivity contribution in [3.05, 3.63) is 59.8 Å². The van der Waals surface area contributed by atoms with E-state index >= 15 is 0 Å². The molecule has 0 unspecified atom stereocenters. The number of rotatable bonds is 7. The molecule has 0 saturated carbocycles. The highest BCUT2D eigenvalue weighted by atomic mass is 19.4. The van der Waals surface area contributed by atoms with Gasteiger partial charge in [0, 0.05) is 24.4 Å². The maximum Gasteiger partial charge on any atom is 0.423 e.